The predicted molar refractivity (Wildman–Crippen MR) is 127 cm³/mol. The van der Waals surface area contributed by atoms with Crippen LogP contribution >= 0.6 is 24.0 Å². The van der Waals surface area contributed by atoms with E-state index in [9.17, 15) is 9.18 Å². The van der Waals surface area contributed by atoms with Gasteiger partial charge in [-0.2, -0.15) is 0 Å². The fourth-order valence-corrected chi connectivity index (χ4v) is 3.94. The van der Waals surface area contributed by atoms with Crippen LogP contribution < -0.4 is 10.6 Å². The first-order valence-electron chi connectivity index (χ1n) is 10.4. The van der Waals surface area contributed by atoms with Crippen molar-refractivity contribution < 1.29 is 13.9 Å². The predicted octanol–water partition coefficient (Wildman–Crippen LogP) is 1.99. The van der Waals surface area contributed by atoms with Gasteiger partial charge in [-0.3, -0.25) is 14.7 Å². The van der Waals surface area contributed by atoms with Crippen molar-refractivity contribution in [3.8, 4) is 0 Å². The van der Waals surface area contributed by atoms with Gasteiger partial charge >= 0.3 is 0 Å². The number of amides is 1. The molecule has 0 aliphatic carbocycles. The summed E-state index contributed by atoms with van der Waals surface area (Å²) in [5, 5.41) is 6.86. The molecule has 2 saturated heterocycles. The standard InChI is InChI=1S/C21H32FN5O2.HI/c1-3-20(28)27-9-8-18(15-27)25-21(23-2)24-14-19(26-10-12-29-13-11-26)16-4-6-17(22)7-5-16;/h4-7,18-19H,3,8-15H2,1-2H3,(H2,23,24,25);1H. The molecular weight excluding hydrogens is 500 g/mol. The second kappa shape index (κ2) is 12.4. The Morgan fingerprint density at radius 2 is 1.97 bits per heavy atom. The molecule has 2 atom stereocenters. The van der Waals surface area contributed by atoms with Gasteiger partial charge in [-0.25, -0.2) is 4.39 Å². The number of carbonyl (C=O) groups is 1. The van der Waals surface area contributed by atoms with Crippen LogP contribution in [0, 0.1) is 5.82 Å². The third kappa shape index (κ3) is 6.78. The average molecular weight is 533 g/mol. The highest BCUT2D eigenvalue weighted by Gasteiger charge is 2.27. The van der Waals surface area contributed by atoms with Gasteiger partial charge in [0.05, 0.1) is 19.3 Å². The molecule has 2 heterocycles. The Morgan fingerprint density at radius 3 is 2.60 bits per heavy atom. The summed E-state index contributed by atoms with van der Waals surface area (Å²) < 4.78 is 18.9. The molecule has 0 radical (unpaired) electrons. The van der Waals surface area contributed by atoms with Gasteiger partial charge < -0.3 is 20.3 Å². The van der Waals surface area contributed by atoms with Crippen molar-refractivity contribution in [2.45, 2.75) is 31.8 Å². The van der Waals surface area contributed by atoms with E-state index >= 15 is 0 Å². The largest absolute Gasteiger partial charge is 0.379 e. The summed E-state index contributed by atoms with van der Waals surface area (Å²) in [4.78, 5) is 20.5. The van der Waals surface area contributed by atoms with E-state index in [-0.39, 0.29) is 47.8 Å². The lowest BCUT2D eigenvalue weighted by atomic mass is 10.0. The lowest BCUT2D eigenvalue weighted by Crippen LogP contribution is -2.49. The maximum atomic E-state index is 13.4. The Hall–Kier alpha value is -1.46. The molecule has 0 aromatic heterocycles. The SMILES string of the molecule is CCC(=O)N1CCC(NC(=NC)NCC(c2ccc(F)cc2)N2CCOCC2)C1.I. The van der Waals surface area contributed by atoms with Gasteiger partial charge in [0, 0.05) is 52.2 Å². The van der Waals surface area contributed by atoms with Gasteiger partial charge in [0.15, 0.2) is 5.96 Å². The third-order valence-electron chi connectivity index (χ3n) is 5.61. The highest BCUT2D eigenvalue weighted by atomic mass is 127. The molecule has 7 nitrogen and oxygen atoms in total. The molecule has 2 aliphatic rings. The normalized spacial score (nSPS) is 21.1. The highest BCUT2D eigenvalue weighted by molar-refractivity contribution is 14.0. The molecule has 1 aromatic carbocycles. The number of carbonyl (C=O) groups excluding carboxylic acids is 1. The Balaban J connectivity index is 0.00000320. The van der Waals surface area contributed by atoms with Gasteiger partial charge in [-0.05, 0) is 24.1 Å². The van der Waals surface area contributed by atoms with E-state index in [1.54, 1.807) is 7.05 Å². The molecule has 0 bridgehead atoms. The van der Waals surface area contributed by atoms with Crippen LogP contribution in [0.4, 0.5) is 4.39 Å². The van der Waals surface area contributed by atoms with Crippen molar-refractivity contribution >= 4 is 35.8 Å². The zero-order chi connectivity index (χ0) is 20.6. The average Bonchev–Trinajstić information content (AvgIpc) is 3.23. The number of aliphatic imine (C=N–C) groups is 1. The molecular formula is C21H33FIN5O2. The van der Waals surface area contributed by atoms with Crippen LogP contribution in [-0.2, 0) is 9.53 Å². The Morgan fingerprint density at radius 1 is 1.27 bits per heavy atom. The Kier molecular flexibility index (Phi) is 10.3. The fourth-order valence-electron chi connectivity index (χ4n) is 3.94. The van der Waals surface area contributed by atoms with E-state index in [1.807, 2.05) is 24.0 Å². The summed E-state index contributed by atoms with van der Waals surface area (Å²) >= 11 is 0. The molecule has 1 aromatic rings. The molecule has 2 N–H and O–H groups in total. The molecule has 0 spiro atoms. The van der Waals surface area contributed by atoms with Crippen molar-refractivity contribution in [2.24, 2.45) is 4.99 Å². The number of nitrogens with zero attached hydrogens (tertiary/aromatic N) is 3. The lowest BCUT2D eigenvalue weighted by Gasteiger charge is -2.35. The third-order valence-corrected chi connectivity index (χ3v) is 5.61. The summed E-state index contributed by atoms with van der Waals surface area (Å²) in [6, 6.07) is 7.00. The maximum Gasteiger partial charge on any atom is 0.222 e. The summed E-state index contributed by atoms with van der Waals surface area (Å²) in [6.45, 7) is 7.12. The molecule has 2 unspecified atom stereocenters. The first-order chi connectivity index (χ1) is 14.1. The van der Waals surface area contributed by atoms with Crippen LogP contribution in [0.15, 0.2) is 29.3 Å². The van der Waals surface area contributed by atoms with E-state index in [0.717, 1.165) is 37.6 Å². The van der Waals surface area contributed by atoms with E-state index < -0.39 is 0 Å². The number of benzene rings is 1. The lowest BCUT2D eigenvalue weighted by molar-refractivity contribution is -0.129. The maximum absolute atomic E-state index is 13.4. The number of hydrogen-bond donors (Lipinski definition) is 2. The van der Waals surface area contributed by atoms with Gasteiger partial charge in [0.2, 0.25) is 5.91 Å². The molecule has 0 saturated carbocycles. The molecule has 168 valence electrons. The van der Waals surface area contributed by atoms with E-state index in [0.29, 0.717) is 32.7 Å². The van der Waals surface area contributed by atoms with Gasteiger partial charge in [0.1, 0.15) is 5.82 Å². The van der Waals surface area contributed by atoms with Gasteiger partial charge in [0.25, 0.3) is 0 Å². The molecule has 1 amide bonds. The number of guanidine groups is 1. The summed E-state index contributed by atoms with van der Waals surface area (Å²) in [5.74, 6) is 0.689. The summed E-state index contributed by atoms with van der Waals surface area (Å²) in [6.07, 6.45) is 1.45. The van der Waals surface area contributed by atoms with Crippen LogP contribution in [-0.4, -0.2) is 80.7 Å². The monoisotopic (exact) mass is 533 g/mol. The molecule has 30 heavy (non-hydrogen) atoms. The smallest absolute Gasteiger partial charge is 0.222 e. The molecule has 9 heteroatoms. The van der Waals surface area contributed by atoms with Crippen molar-refractivity contribution in [1.82, 2.24) is 20.4 Å². The summed E-state index contributed by atoms with van der Waals surface area (Å²) in [7, 11) is 1.75. The van der Waals surface area contributed by atoms with Crippen molar-refractivity contribution in [2.75, 3.05) is 53.0 Å². The number of halogens is 2. The van der Waals surface area contributed by atoms with Crippen LogP contribution in [0.25, 0.3) is 0 Å². The van der Waals surface area contributed by atoms with Crippen molar-refractivity contribution in [3.05, 3.63) is 35.6 Å². The number of rotatable bonds is 6. The molecule has 2 fully saturated rings. The topological polar surface area (TPSA) is 69.2 Å². The zero-order valence-electron chi connectivity index (χ0n) is 17.8. The second-order valence-electron chi connectivity index (χ2n) is 7.49. The fraction of sp³-hybridized carbons (Fsp3) is 0.619. The first-order valence-corrected chi connectivity index (χ1v) is 10.4. The molecule has 3 rings (SSSR count). The first kappa shape index (κ1) is 24.8. The van der Waals surface area contributed by atoms with Gasteiger partial charge in [-0.1, -0.05) is 19.1 Å². The van der Waals surface area contributed by atoms with Crippen LogP contribution in [0.5, 0.6) is 0 Å². The Labute approximate surface area is 195 Å². The van der Waals surface area contributed by atoms with E-state index in [1.165, 1.54) is 12.1 Å². The van der Waals surface area contributed by atoms with E-state index in [2.05, 4.69) is 20.5 Å². The van der Waals surface area contributed by atoms with Crippen LogP contribution in [0.2, 0.25) is 0 Å². The number of hydrogen-bond acceptors (Lipinski definition) is 4. The minimum absolute atomic E-state index is 0. The number of ether oxygens (including phenoxy) is 1. The molecule has 2 aliphatic heterocycles. The van der Waals surface area contributed by atoms with Gasteiger partial charge in [-0.15, -0.1) is 24.0 Å². The zero-order valence-corrected chi connectivity index (χ0v) is 20.1. The van der Waals surface area contributed by atoms with Crippen molar-refractivity contribution in [1.29, 1.82) is 0 Å². The minimum Gasteiger partial charge on any atom is -0.379 e. The van der Waals surface area contributed by atoms with Crippen LogP contribution in [0.3, 0.4) is 0 Å². The minimum atomic E-state index is -0.229. The quantitative estimate of drug-likeness (QED) is 0.333. The Bertz CT molecular complexity index is 697. The number of morpholine rings is 1. The number of nitrogens with one attached hydrogen (secondary N) is 2. The van der Waals surface area contributed by atoms with E-state index in [4.69, 9.17) is 4.74 Å². The second-order valence-corrected chi connectivity index (χ2v) is 7.49. The number of likely N-dealkylation sites (tertiary alicyclic amines) is 1. The highest BCUT2D eigenvalue weighted by Crippen LogP contribution is 2.21. The van der Waals surface area contributed by atoms with Crippen molar-refractivity contribution in [3.63, 3.8) is 0 Å². The summed E-state index contributed by atoms with van der Waals surface area (Å²) in [5.41, 5.74) is 1.07. The van der Waals surface area contributed by atoms with Crippen LogP contribution in [0.1, 0.15) is 31.4 Å².